The number of unbranched alkanes of at least 4 members (excludes halogenated alkanes) is 1. The van der Waals surface area contributed by atoms with E-state index in [0.29, 0.717) is 13.2 Å². The first-order valence-corrected chi connectivity index (χ1v) is 7.24. The Labute approximate surface area is 111 Å². The average Bonchev–Trinajstić information content (AvgIpc) is 2.77. The van der Waals surface area contributed by atoms with Crippen LogP contribution < -0.4 is 10.6 Å². The number of carbonyl (C=O) groups is 1. The Bertz CT molecular complexity index is 244. The summed E-state index contributed by atoms with van der Waals surface area (Å²) in [7, 11) is 0. The van der Waals surface area contributed by atoms with Gasteiger partial charge in [-0.3, -0.25) is 4.79 Å². The molecule has 1 aliphatic heterocycles. The third-order valence-corrected chi connectivity index (χ3v) is 3.39. The zero-order valence-corrected chi connectivity index (χ0v) is 12.0. The molecule has 0 radical (unpaired) electrons. The Balaban J connectivity index is 2.15. The predicted molar refractivity (Wildman–Crippen MR) is 73.5 cm³/mol. The Hall–Kier alpha value is -0.610. The number of rotatable bonds is 8. The fourth-order valence-corrected chi connectivity index (χ4v) is 2.30. The maximum atomic E-state index is 12.0. The van der Waals surface area contributed by atoms with Gasteiger partial charge in [-0.2, -0.15) is 0 Å². The van der Waals surface area contributed by atoms with E-state index < -0.39 is 0 Å². The van der Waals surface area contributed by atoms with Gasteiger partial charge in [-0.25, -0.2) is 0 Å². The molecule has 4 heteroatoms. The lowest BCUT2D eigenvalue weighted by molar-refractivity contribution is -0.125. The van der Waals surface area contributed by atoms with Crippen molar-refractivity contribution in [1.82, 2.24) is 10.6 Å². The van der Waals surface area contributed by atoms with Crippen LogP contribution in [0.15, 0.2) is 0 Å². The van der Waals surface area contributed by atoms with Gasteiger partial charge in [-0.05, 0) is 18.9 Å². The second-order valence-corrected chi connectivity index (χ2v) is 5.49. The highest BCUT2D eigenvalue weighted by molar-refractivity contribution is 5.79. The molecule has 106 valence electrons. The van der Waals surface area contributed by atoms with E-state index in [9.17, 15) is 4.79 Å². The van der Waals surface area contributed by atoms with E-state index >= 15 is 0 Å². The first kappa shape index (κ1) is 15.4. The number of hydrogen-bond donors (Lipinski definition) is 2. The number of ether oxygens (including phenoxy) is 1. The van der Waals surface area contributed by atoms with Crippen molar-refractivity contribution in [2.75, 3.05) is 26.3 Å². The third kappa shape index (κ3) is 5.36. The van der Waals surface area contributed by atoms with Crippen LogP contribution in [0.5, 0.6) is 0 Å². The quantitative estimate of drug-likeness (QED) is 0.648. The first-order valence-electron chi connectivity index (χ1n) is 7.24. The average molecular weight is 256 g/mol. The van der Waals surface area contributed by atoms with Crippen LogP contribution in [0.2, 0.25) is 0 Å². The van der Waals surface area contributed by atoms with Crippen molar-refractivity contribution in [3.8, 4) is 0 Å². The molecule has 2 unspecified atom stereocenters. The van der Waals surface area contributed by atoms with Crippen LogP contribution in [0, 0.1) is 11.8 Å². The topological polar surface area (TPSA) is 50.4 Å². The SMILES string of the molecule is CCNC1COCC1C(=O)NCCCCC(C)C. The van der Waals surface area contributed by atoms with Crippen molar-refractivity contribution in [3.63, 3.8) is 0 Å². The molecule has 1 aliphatic rings. The molecule has 1 amide bonds. The fraction of sp³-hybridized carbons (Fsp3) is 0.929. The standard InChI is InChI=1S/C14H28N2O2/c1-4-15-13-10-18-9-12(13)14(17)16-8-6-5-7-11(2)3/h11-13,15H,4-10H2,1-3H3,(H,16,17). The molecule has 2 atom stereocenters. The largest absolute Gasteiger partial charge is 0.379 e. The summed E-state index contributed by atoms with van der Waals surface area (Å²) in [6.45, 7) is 9.39. The van der Waals surface area contributed by atoms with Crippen LogP contribution in [0.25, 0.3) is 0 Å². The minimum atomic E-state index is -0.0185. The molecule has 0 saturated carbocycles. The second-order valence-electron chi connectivity index (χ2n) is 5.49. The van der Waals surface area contributed by atoms with Gasteiger partial charge in [-0.1, -0.05) is 33.6 Å². The van der Waals surface area contributed by atoms with Gasteiger partial charge in [-0.15, -0.1) is 0 Å². The van der Waals surface area contributed by atoms with Gasteiger partial charge in [0, 0.05) is 12.6 Å². The minimum absolute atomic E-state index is 0.0185. The Morgan fingerprint density at radius 2 is 2.11 bits per heavy atom. The van der Waals surface area contributed by atoms with E-state index in [0.717, 1.165) is 25.4 Å². The molecule has 4 nitrogen and oxygen atoms in total. The van der Waals surface area contributed by atoms with Gasteiger partial charge >= 0.3 is 0 Å². The van der Waals surface area contributed by atoms with E-state index in [-0.39, 0.29) is 17.9 Å². The van der Waals surface area contributed by atoms with Crippen LogP contribution in [0.1, 0.15) is 40.0 Å². The van der Waals surface area contributed by atoms with Crippen LogP contribution in [0.3, 0.4) is 0 Å². The Morgan fingerprint density at radius 3 is 2.78 bits per heavy atom. The zero-order chi connectivity index (χ0) is 13.4. The molecule has 0 bridgehead atoms. The van der Waals surface area contributed by atoms with Gasteiger partial charge in [0.2, 0.25) is 5.91 Å². The summed E-state index contributed by atoms with van der Waals surface area (Å²) < 4.78 is 5.38. The van der Waals surface area contributed by atoms with Gasteiger partial charge in [0.25, 0.3) is 0 Å². The summed E-state index contributed by atoms with van der Waals surface area (Å²) in [5.74, 6) is 0.875. The van der Waals surface area contributed by atoms with E-state index in [1.54, 1.807) is 0 Å². The number of likely N-dealkylation sites (N-methyl/N-ethyl adjacent to an activating group) is 1. The van der Waals surface area contributed by atoms with Crippen molar-refractivity contribution in [2.24, 2.45) is 11.8 Å². The smallest absolute Gasteiger partial charge is 0.227 e. The summed E-state index contributed by atoms with van der Waals surface area (Å²) in [6.07, 6.45) is 3.50. The molecule has 0 aromatic rings. The van der Waals surface area contributed by atoms with Crippen molar-refractivity contribution < 1.29 is 9.53 Å². The lowest BCUT2D eigenvalue weighted by Crippen LogP contribution is -2.44. The molecular formula is C14H28N2O2. The monoisotopic (exact) mass is 256 g/mol. The van der Waals surface area contributed by atoms with Crippen molar-refractivity contribution in [3.05, 3.63) is 0 Å². The molecule has 0 aliphatic carbocycles. The molecule has 1 rings (SSSR count). The van der Waals surface area contributed by atoms with Crippen molar-refractivity contribution in [1.29, 1.82) is 0 Å². The maximum Gasteiger partial charge on any atom is 0.227 e. The zero-order valence-electron chi connectivity index (χ0n) is 12.0. The Kier molecular flexibility index (Phi) is 7.28. The number of nitrogens with one attached hydrogen (secondary N) is 2. The lowest BCUT2D eigenvalue weighted by Gasteiger charge is -2.17. The maximum absolute atomic E-state index is 12.0. The highest BCUT2D eigenvalue weighted by Gasteiger charge is 2.32. The van der Waals surface area contributed by atoms with Crippen LogP contribution in [-0.2, 0) is 9.53 Å². The summed E-state index contributed by atoms with van der Waals surface area (Å²) in [4.78, 5) is 12.0. The van der Waals surface area contributed by atoms with Crippen LogP contribution >= 0.6 is 0 Å². The van der Waals surface area contributed by atoms with Gasteiger partial charge in [0.1, 0.15) is 0 Å². The van der Waals surface area contributed by atoms with E-state index in [2.05, 4.69) is 31.4 Å². The van der Waals surface area contributed by atoms with Gasteiger partial charge in [0.05, 0.1) is 19.1 Å². The molecule has 0 spiro atoms. The fourth-order valence-electron chi connectivity index (χ4n) is 2.30. The summed E-state index contributed by atoms with van der Waals surface area (Å²) in [6, 6.07) is 0.186. The number of carbonyl (C=O) groups excluding carboxylic acids is 1. The van der Waals surface area contributed by atoms with Crippen molar-refractivity contribution >= 4 is 5.91 Å². The molecule has 1 saturated heterocycles. The molecule has 0 aromatic heterocycles. The van der Waals surface area contributed by atoms with Crippen molar-refractivity contribution in [2.45, 2.75) is 46.1 Å². The van der Waals surface area contributed by atoms with E-state index in [1.807, 2.05) is 0 Å². The summed E-state index contributed by atoms with van der Waals surface area (Å²) in [5, 5.41) is 6.33. The van der Waals surface area contributed by atoms with E-state index in [4.69, 9.17) is 4.74 Å². The highest BCUT2D eigenvalue weighted by Crippen LogP contribution is 2.14. The summed E-state index contributed by atoms with van der Waals surface area (Å²) >= 11 is 0. The number of hydrogen-bond acceptors (Lipinski definition) is 3. The van der Waals surface area contributed by atoms with Crippen LogP contribution in [-0.4, -0.2) is 38.3 Å². The molecule has 1 fully saturated rings. The minimum Gasteiger partial charge on any atom is -0.379 e. The number of amides is 1. The lowest BCUT2D eigenvalue weighted by atomic mass is 10.0. The Morgan fingerprint density at radius 1 is 1.33 bits per heavy atom. The molecule has 1 heterocycles. The molecule has 18 heavy (non-hydrogen) atoms. The normalized spacial score (nSPS) is 23.6. The van der Waals surface area contributed by atoms with Crippen LogP contribution in [0.4, 0.5) is 0 Å². The molecular weight excluding hydrogens is 228 g/mol. The third-order valence-electron chi connectivity index (χ3n) is 3.39. The van der Waals surface area contributed by atoms with E-state index in [1.165, 1.54) is 12.8 Å². The second kappa shape index (κ2) is 8.48. The van der Waals surface area contributed by atoms with Gasteiger partial charge < -0.3 is 15.4 Å². The summed E-state index contributed by atoms with van der Waals surface area (Å²) in [5.41, 5.74) is 0. The molecule has 0 aromatic carbocycles. The van der Waals surface area contributed by atoms with Gasteiger partial charge in [0.15, 0.2) is 0 Å². The molecule has 2 N–H and O–H groups in total. The highest BCUT2D eigenvalue weighted by atomic mass is 16.5. The predicted octanol–water partition coefficient (Wildman–Crippen LogP) is 1.55. The first-order chi connectivity index (χ1) is 8.65.